The molecule has 0 bridgehead atoms. The summed E-state index contributed by atoms with van der Waals surface area (Å²) in [6.45, 7) is 0. The molecule has 1 aliphatic carbocycles. The lowest BCUT2D eigenvalue weighted by molar-refractivity contribution is 0.0261. The number of rotatable bonds is 2. The topological polar surface area (TPSA) is 68.1 Å². The molecule has 2 rings (SSSR count). The van der Waals surface area contributed by atoms with E-state index in [1.165, 1.54) is 12.8 Å². The molecule has 0 spiro atoms. The van der Waals surface area contributed by atoms with Crippen LogP contribution in [0.4, 0.5) is 5.69 Å². The molecule has 88 valence electrons. The summed E-state index contributed by atoms with van der Waals surface area (Å²) in [6, 6.07) is 1.61. The normalized spacial score (nSPS) is 18.0. The van der Waals surface area contributed by atoms with Gasteiger partial charge in [0.1, 0.15) is 11.8 Å². The fraction of sp³-hybridized carbons (Fsp3) is 0.583. The van der Waals surface area contributed by atoms with Crippen molar-refractivity contribution in [2.45, 2.75) is 44.6 Å². The van der Waals surface area contributed by atoms with Gasteiger partial charge >= 0.3 is 5.97 Å². The van der Waals surface area contributed by atoms with Gasteiger partial charge in [-0.1, -0.05) is 12.8 Å². The van der Waals surface area contributed by atoms with E-state index in [1.54, 1.807) is 12.3 Å². The number of hydrogen-bond donors (Lipinski definition) is 2. The molecule has 3 N–H and O–H groups in total. The van der Waals surface area contributed by atoms with E-state index >= 15 is 0 Å². The minimum atomic E-state index is -0.288. The van der Waals surface area contributed by atoms with Crippen LogP contribution in [-0.4, -0.2) is 17.1 Å². The monoisotopic (exact) mass is 222 g/mol. The van der Waals surface area contributed by atoms with Crippen LogP contribution in [0.2, 0.25) is 0 Å². The molecule has 1 saturated carbocycles. The number of aromatic amines is 1. The maximum atomic E-state index is 11.7. The highest BCUT2D eigenvalue weighted by Gasteiger charge is 2.18. The summed E-state index contributed by atoms with van der Waals surface area (Å²) >= 11 is 0. The van der Waals surface area contributed by atoms with Crippen LogP contribution in [0.3, 0.4) is 0 Å². The van der Waals surface area contributed by atoms with Gasteiger partial charge in [-0.15, -0.1) is 0 Å². The van der Waals surface area contributed by atoms with E-state index in [0.29, 0.717) is 11.4 Å². The number of nitrogens with two attached hydrogens (primary N) is 1. The zero-order chi connectivity index (χ0) is 11.4. The maximum absolute atomic E-state index is 11.7. The van der Waals surface area contributed by atoms with Crippen molar-refractivity contribution >= 4 is 11.7 Å². The lowest BCUT2D eigenvalue weighted by atomic mass is 10.1. The van der Waals surface area contributed by atoms with Gasteiger partial charge in [0, 0.05) is 6.20 Å². The summed E-state index contributed by atoms with van der Waals surface area (Å²) in [5.41, 5.74) is 6.54. The van der Waals surface area contributed by atoms with Gasteiger partial charge in [-0.25, -0.2) is 4.79 Å². The van der Waals surface area contributed by atoms with Crippen molar-refractivity contribution in [2.75, 3.05) is 5.73 Å². The van der Waals surface area contributed by atoms with E-state index in [-0.39, 0.29) is 12.1 Å². The number of nitrogens with one attached hydrogen (secondary N) is 1. The van der Waals surface area contributed by atoms with Crippen LogP contribution in [-0.2, 0) is 4.74 Å². The highest BCUT2D eigenvalue weighted by atomic mass is 16.5. The average Bonchev–Trinajstić information content (AvgIpc) is 2.54. The van der Waals surface area contributed by atoms with Crippen LogP contribution >= 0.6 is 0 Å². The van der Waals surface area contributed by atoms with Gasteiger partial charge in [-0.2, -0.15) is 0 Å². The molecule has 4 heteroatoms. The molecule has 1 fully saturated rings. The van der Waals surface area contributed by atoms with Gasteiger partial charge in [0.05, 0.1) is 5.69 Å². The second-order valence-electron chi connectivity index (χ2n) is 4.37. The van der Waals surface area contributed by atoms with Gasteiger partial charge in [0.25, 0.3) is 0 Å². The van der Waals surface area contributed by atoms with Crippen LogP contribution in [0, 0.1) is 0 Å². The van der Waals surface area contributed by atoms with Crippen LogP contribution in [0.1, 0.15) is 49.0 Å². The summed E-state index contributed by atoms with van der Waals surface area (Å²) in [7, 11) is 0. The Morgan fingerprint density at radius 3 is 2.56 bits per heavy atom. The quantitative estimate of drug-likeness (QED) is 0.596. The Labute approximate surface area is 95.2 Å². The smallest absolute Gasteiger partial charge is 0.355 e. The summed E-state index contributed by atoms with van der Waals surface area (Å²) < 4.78 is 5.44. The first kappa shape index (κ1) is 11.0. The van der Waals surface area contributed by atoms with Gasteiger partial charge in [0.15, 0.2) is 0 Å². The first-order valence-corrected chi connectivity index (χ1v) is 5.90. The van der Waals surface area contributed by atoms with E-state index in [4.69, 9.17) is 10.5 Å². The molecule has 0 unspecified atom stereocenters. The van der Waals surface area contributed by atoms with Crippen LogP contribution in [0.5, 0.6) is 0 Å². The molecule has 0 radical (unpaired) electrons. The average molecular weight is 222 g/mol. The lowest BCUT2D eigenvalue weighted by Crippen LogP contribution is -2.17. The van der Waals surface area contributed by atoms with E-state index in [0.717, 1.165) is 25.7 Å². The Bertz CT molecular complexity index is 352. The molecule has 1 aromatic heterocycles. The van der Waals surface area contributed by atoms with Crippen molar-refractivity contribution in [1.29, 1.82) is 0 Å². The van der Waals surface area contributed by atoms with Gasteiger partial charge < -0.3 is 15.5 Å². The van der Waals surface area contributed by atoms with Crippen molar-refractivity contribution in [2.24, 2.45) is 0 Å². The fourth-order valence-electron chi connectivity index (χ4n) is 2.10. The third-order valence-electron chi connectivity index (χ3n) is 3.00. The zero-order valence-electron chi connectivity index (χ0n) is 9.37. The molecule has 1 aromatic rings. The fourth-order valence-corrected chi connectivity index (χ4v) is 2.10. The SMILES string of the molecule is Nc1c[nH]c(C(=O)OC2CCCCCC2)c1. The summed E-state index contributed by atoms with van der Waals surface area (Å²) in [5.74, 6) is -0.288. The summed E-state index contributed by atoms with van der Waals surface area (Å²) in [4.78, 5) is 14.5. The van der Waals surface area contributed by atoms with Crippen molar-refractivity contribution in [3.8, 4) is 0 Å². The Balaban J connectivity index is 1.90. The van der Waals surface area contributed by atoms with Crippen LogP contribution < -0.4 is 5.73 Å². The van der Waals surface area contributed by atoms with E-state index in [9.17, 15) is 4.79 Å². The van der Waals surface area contributed by atoms with Gasteiger partial charge in [-0.05, 0) is 31.7 Å². The molecular formula is C12H18N2O2. The van der Waals surface area contributed by atoms with Gasteiger partial charge in [-0.3, -0.25) is 0 Å². The maximum Gasteiger partial charge on any atom is 0.355 e. The molecule has 0 aromatic carbocycles. The number of hydrogen-bond acceptors (Lipinski definition) is 3. The molecule has 4 nitrogen and oxygen atoms in total. The Kier molecular flexibility index (Phi) is 3.49. The largest absolute Gasteiger partial charge is 0.458 e. The minimum Gasteiger partial charge on any atom is -0.458 e. The van der Waals surface area contributed by atoms with Crippen molar-refractivity contribution in [3.63, 3.8) is 0 Å². The molecule has 0 atom stereocenters. The van der Waals surface area contributed by atoms with Crippen molar-refractivity contribution in [1.82, 2.24) is 4.98 Å². The number of carbonyl (C=O) groups is 1. The number of H-pyrrole nitrogens is 1. The molecule has 0 aliphatic heterocycles. The molecule has 16 heavy (non-hydrogen) atoms. The number of nitrogen functional groups attached to an aromatic ring is 1. The number of carbonyl (C=O) groups excluding carboxylic acids is 1. The number of esters is 1. The predicted octanol–water partition coefficient (Wildman–Crippen LogP) is 2.48. The van der Waals surface area contributed by atoms with Crippen LogP contribution in [0.25, 0.3) is 0 Å². The first-order valence-electron chi connectivity index (χ1n) is 5.90. The predicted molar refractivity (Wildman–Crippen MR) is 62.1 cm³/mol. The Morgan fingerprint density at radius 1 is 1.31 bits per heavy atom. The second kappa shape index (κ2) is 5.05. The minimum absolute atomic E-state index is 0.0829. The van der Waals surface area contributed by atoms with Crippen LogP contribution in [0.15, 0.2) is 12.3 Å². The number of aromatic nitrogens is 1. The van der Waals surface area contributed by atoms with Gasteiger partial charge in [0.2, 0.25) is 0 Å². The molecule has 0 saturated heterocycles. The molecular weight excluding hydrogens is 204 g/mol. The molecule has 1 heterocycles. The molecule has 0 amide bonds. The van der Waals surface area contributed by atoms with E-state index in [1.807, 2.05) is 0 Å². The third kappa shape index (κ3) is 2.78. The number of anilines is 1. The Hall–Kier alpha value is -1.45. The van der Waals surface area contributed by atoms with Crippen molar-refractivity contribution < 1.29 is 9.53 Å². The lowest BCUT2D eigenvalue weighted by Gasteiger charge is -2.14. The van der Waals surface area contributed by atoms with E-state index < -0.39 is 0 Å². The Morgan fingerprint density at radius 2 is 2.00 bits per heavy atom. The third-order valence-corrected chi connectivity index (χ3v) is 3.00. The summed E-state index contributed by atoms with van der Waals surface area (Å²) in [6.07, 6.45) is 8.48. The number of ether oxygens (including phenoxy) is 1. The zero-order valence-corrected chi connectivity index (χ0v) is 9.37. The highest BCUT2D eigenvalue weighted by Crippen LogP contribution is 2.21. The standard InChI is InChI=1S/C12H18N2O2/c13-9-7-11(14-8-9)12(15)16-10-5-3-1-2-4-6-10/h7-8,10,14H,1-6,13H2. The highest BCUT2D eigenvalue weighted by molar-refractivity contribution is 5.88. The van der Waals surface area contributed by atoms with E-state index in [2.05, 4.69) is 4.98 Å². The summed E-state index contributed by atoms with van der Waals surface area (Å²) in [5, 5.41) is 0. The molecule has 1 aliphatic rings. The van der Waals surface area contributed by atoms with Crippen molar-refractivity contribution in [3.05, 3.63) is 18.0 Å². The first-order chi connectivity index (χ1) is 7.75. The second-order valence-corrected chi connectivity index (χ2v) is 4.37.